The second-order valence-electron chi connectivity index (χ2n) is 4.57. The van der Waals surface area contributed by atoms with E-state index in [0.29, 0.717) is 17.1 Å². The quantitative estimate of drug-likeness (QED) is 0.730. The molecule has 0 bridgehead atoms. The van der Waals surface area contributed by atoms with Gasteiger partial charge in [0.1, 0.15) is 0 Å². The van der Waals surface area contributed by atoms with Crippen LogP contribution in [0.15, 0.2) is 5.16 Å². The Morgan fingerprint density at radius 1 is 1.26 bits per heavy atom. The number of aromatic nitrogens is 3. The summed E-state index contributed by atoms with van der Waals surface area (Å²) in [6.07, 6.45) is 0.0523. The summed E-state index contributed by atoms with van der Waals surface area (Å²) >= 11 is 1.61. The van der Waals surface area contributed by atoms with E-state index in [4.69, 9.17) is 4.74 Å². The summed E-state index contributed by atoms with van der Waals surface area (Å²) in [5, 5.41) is 3.79. The summed E-state index contributed by atoms with van der Waals surface area (Å²) in [7, 11) is 4.09. The Bertz CT molecular complexity index is 386. The van der Waals surface area contributed by atoms with E-state index in [0.717, 1.165) is 18.8 Å². The Morgan fingerprint density at radius 2 is 2.00 bits per heavy atom. The molecule has 0 saturated carbocycles. The molecule has 0 unspecified atom stereocenters. The minimum absolute atomic E-state index is 0.0523. The molecule has 0 radical (unpaired) electrons. The molecular weight excluding hydrogens is 262 g/mol. The van der Waals surface area contributed by atoms with Crippen LogP contribution >= 0.6 is 11.8 Å². The Kier molecular flexibility index (Phi) is 6.86. The predicted molar refractivity (Wildman–Crippen MR) is 79.0 cm³/mol. The molecule has 0 aliphatic heterocycles. The predicted octanol–water partition coefficient (Wildman–Crippen LogP) is 1.74. The number of nitrogens with one attached hydrogen (secondary N) is 1. The van der Waals surface area contributed by atoms with Crippen LogP contribution in [-0.2, 0) is 0 Å². The zero-order valence-corrected chi connectivity index (χ0v) is 13.1. The van der Waals surface area contributed by atoms with Crippen molar-refractivity contribution in [2.24, 2.45) is 0 Å². The maximum atomic E-state index is 5.54. The first-order valence-electron chi connectivity index (χ1n) is 6.45. The average Bonchev–Trinajstić information content (AvgIpc) is 2.27. The maximum absolute atomic E-state index is 5.54. The summed E-state index contributed by atoms with van der Waals surface area (Å²) in [6.45, 7) is 7.66. The molecule has 0 aliphatic carbocycles. The van der Waals surface area contributed by atoms with E-state index < -0.39 is 0 Å². The fourth-order valence-corrected chi connectivity index (χ4v) is 2.16. The van der Waals surface area contributed by atoms with Crippen molar-refractivity contribution in [2.75, 3.05) is 38.3 Å². The van der Waals surface area contributed by atoms with Crippen LogP contribution in [0.5, 0.6) is 6.01 Å². The lowest BCUT2D eigenvalue weighted by molar-refractivity contribution is 0.219. The molecule has 1 heterocycles. The fourth-order valence-electron chi connectivity index (χ4n) is 1.22. The van der Waals surface area contributed by atoms with Crippen molar-refractivity contribution in [1.82, 2.24) is 19.9 Å². The molecule has 1 aromatic heterocycles. The van der Waals surface area contributed by atoms with E-state index in [1.807, 2.05) is 34.9 Å². The molecule has 1 aromatic rings. The smallest absolute Gasteiger partial charge is 0.322 e. The van der Waals surface area contributed by atoms with Gasteiger partial charge < -0.3 is 15.0 Å². The highest BCUT2D eigenvalue weighted by Gasteiger charge is 2.09. The van der Waals surface area contributed by atoms with Crippen LogP contribution in [0.4, 0.5) is 5.95 Å². The van der Waals surface area contributed by atoms with E-state index in [-0.39, 0.29) is 6.10 Å². The van der Waals surface area contributed by atoms with Crippen LogP contribution in [0.1, 0.15) is 20.8 Å². The highest BCUT2D eigenvalue weighted by atomic mass is 32.2. The van der Waals surface area contributed by atoms with Crippen LogP contribution in [0.25, 0.3) is 0 Å². The first-order valence-corrected chi connectivity index (χ1v) is 7.44. The van der Waals surface area contributed by atoms with Crippen molar-refractivity contribution in [3.05, 3.63) is 0 Å². The number of nitrogens with zero attached hydrogens (tertiary/aromatic N) is 4. The molecule has 0 aliphatic rings. The standard InChI is InChI=1S/C12H23N5OS/c1-6-13-10-14-11(18-9(2)3)16-12(15-10)19-8-7-17(4)5/h9H,6-8H2,1-5H3,(H,13,14,15,16). The third-order valence-electron chi connectivity index (χ3n) is 2.04. The van der Waals surface area contributed by atoms with Gasteiger partial charge in [0.05, 0.1) is 6.10 Å². The van der Waals surface area contributed by atoms with Crippen molar-refractivity contribution in [1.29, 1.82) is 0 Å². The van der Waals surface area contributed by atoms with Crippen LogP contribution in [0.3, 0.4) is 0 Å². The number of thioether (sulfide) groups is 1. The van der Waals surface area contributed by atoms with Gasteiger partial charge in [-0.25, -0.2) is 0 Å². The Morgan fingerprint density at radius 3 is 2.58 bits per heavy atom. The Hall–Kier alpha value is -1.08. The molecule has 7 heteroatoms. The van der Waals surface area contributed by atoms with E-state index in [2.05, 4.69) is 25.2 Å². The minimum Gasteiger partial charge on any atom is -0.461 e. The molecular formula is C12H23N5OS. The Labute approximate surface area is 119 Å². The molecule has 1 rings (SSSR count). The third-order valence-corrected chi connectivity index (χ3v) is 2.87. The number of anilines is 1. The molecule has 0 amide bonds. The van der Waals surface area contributed by atoms with Gasteiger partial charge in [0.2, 0.25) is 5.95 Å². The average molecular weight is 285 g/mol. The molecule has 0 saturated heterocycles. The summed E-state index contributed by atoms with van der Waals surface area (Å²) < 4.78 is 5.54. The zero-order chi connectivity index (χ0) is 14.3. The number of hydrogen-bond donors (Lipinski definition) is 1. The van der Waals surface area contributed by atoms with E-state index in [1.54, 1.807) is 11.8 Å². The number of ether oxygens (including phenoxy) is 1. The highest BCUT2D eigenvalue weighted by Crippen LogP contribution is 2.18. The van der Waals surface area contributed by atoms with Crippen LogP contribution < -0.4 is 10.1 Å². The van der Waals surface area contributed by atoms with Crippen molar-refractivity contribution >= 4 is 17.7 Å². The molecule has 0 spiro atoms. The van der Waals surface area contributed by atoms with Gasteiger partial charge >= 0.3 is 6.01 Å². The summed E-state index contributed by atoms with van der Waals surface area (Å²) in [5.41, 5.74) is 0. The molecule has 0 fully saturated rings. The van der Waals surface area contributed by atoms with Gasteiger partial charge in [-0.05, 0) is 34.9 Å². The third kappa shape index (κ3) is 6.58. The lowest BCUT2D eigenvalue weighted by Crippen LogP contribution is -2.15. The second-order valence-corrected chi connectivity index (χ2v) is 5.63. The van der Waals surface area contributed by atoms with Gasteiger partial charge in [0.25, 0.3) is 0 Å². The SMILES string of the molecule is CCNc1nc(OC(C)C)nc(SCCN(C)C)n1. The van der Waals surface area contributed by atoms with Crippen molar-refractivity contribution < 1.29 is 4.74 Å². The van der Waals surface area contributed by atoms with Crippen LogP contribution in [0.2, 0.25) is 0 Å². The first kappa shape index (κ1) is 16.0. The van der Waals surface area contributed by atoms with Gasteiger partial charge in [0, 0.05) is 18.8 Å². The number of hydrogen-bond acceptors (Lipinski definition) is 7. The van der Waals surface area contributed by atoms with Gasteiger partial charge in [-0.3, -0.25) is 0 Å². The largest absolute Gasteiger partial charge is 0.461 e. The second kappa shape index (κ2) is 8.16. The molecule has 1 N–H and O–H groups in total. The molecule has 0 aromatic carbocycles. The van der Waals surface area contributed by atoms with Gasteiger partial charge in [0.15, 0.2) is 5.16 Å². The topological polar surface area (TPSA) is 63.2 Å². The molecule has 0 atom stereocenters. The fraction of sp³-hybridized carbons (Fsp3) is 0.750. The summed E-state index contributed by atoms with van der Waals surface area (Å²) in [6, 6.07) is 0.383. The van der Waals surface area contributed by atoms with Crippen molar-refractivity contribution in [3.8, 4) is 6.01 Å². The lowest BCUT2D eigenvalue weighted by Gasteiger charge is -2.11. The van der Waals surface area contributed by atoms with E-state index in [1.165, 1.54) is 0 Å². The van der Waals surface area contributed by atoms with Gasteiger partial charge in [-0.15, -0.1) is 0 Å². The van der Waals surface area contributed by atoms with Crippen molar-refractivity contribution in [3.63, 3.8) is 0 Å². The monoisotopic (exact) mass is 285 g/mol. The minimum atomic E-state index is 0.0523. The molecule has 19 heavy (non-hydrogen) atoms. The van der Waals surface area contributed by atoms with Crippen molar-refractivity contribution in [2.45, 2.75) is 32.0 Å². The first-order chi connectivity index (χ1) is 9.01. The zero-order valence-electron chi connectivity index (χ0n) is 12.3. The summed E-state index contributed by atoms with van der Waals surface area (Å²) in [5.74, 6) is 1.50. The lowest BCUT2D eigenvalue weighted by atomic mass is 10.5. The Balaban J connectivity index is 2.74. The van der Waals surface area contributed by atoms with Crippen LogP contribution in [-0.4, -0.2) is 58.9 Å². The molecule has 6 nitrogen and oxygen atoms in total. The summed E-state index contributed by atoms with van der Waals surface area (Å²) in [4.78, 5) is 15.0. The normalized spacial score (nSPS) is 11.1. The maximum Gasteiger partial charge on any atom is 0.322 e. The van der Waals surface area contributed by atoms with Gasteiger partial charge in [-0.1, -0.05) is 11.8 Å². The molecule has 108 valence electrons. The van der Waals surface area contributed by atoms with Gasteiger partial charge in [-0.2, -0.15) is 15.0 Å². The number of rotatable bonds is 8. The highest BCUT2D eigenvalue weighted by molar-refractivity contribution is 7.99. The van der Waals surface area contributed by atoms with E-state index >= 15 is 0 Å². The van der Waals surface area contributed by atoms with Crippen LogP contribution in [0, 0.1) is 0 Å². The van der Waals surface area contributed by atoms with E-state index in [9.17, 15) is 0 Å².